The molecule has 0 radical (unpaired) electrons. The number of anilines is 1. The molecule has 0 bridgehead atoms. The number of carbonyl (C=O) groups excluding carboxylic acids is 1. The Kier molecular flexibility index (Phi) is 5.31. The summed E-state index contributed by atoms with van der Waals surface area (Å²) in [4.78, 5) is 15.5. The van der Waals surface area contributed by atoms with E-state index in [1.807, 2.05) is 53.4 Å². The molecule has 3 rings (SSSR count). The molecule has 3 heteroatoms. The maximum absolute atomic E-state index is 13.5. The molecule has 1 aliphatic heterocycles. The van der Waals surface area contributed by atoms with Gasteiger partial charge in [-0.05, 0) is 37.1 Å². The molecule has 0 spiro atoms. The zero-order valence-corrected chi connectivity index (χ0v) is 14.4. The first kappa shape index (κ1) is 16.7. The van der Waals surface area contributed by atoms with Crippen LogP contribution in [0.25, 0.3) is 0 Å². The van der Waals surface area contributed by atoms with Crippen molar-refractivity contribution in [2.24, 2.45) is 5.41 Å². The summed E-state index contributed by atoms with van der Waals surface area (Å²) in [6.07, 6.45) is 2.90. The van der Waals surface area contributed by atoms with E-state index in [-0.39, 0.29) is 11.3 Å². The molecule has 1 saturated heterocycles. The van der Waals surface area contributed by atoms with E-state index in [0.717, 1.165) is 43.6 Å². The van der Waals surface area contributed by atoms with Gasteiger partial charge in [-0.1, -0.05) is 61.9 Å². The summed E-state index contributed by atoms with van der Waals surface area (Å²) in [5, 5.41) is 3.40. The molecule has 1 unspecified atom stereocenters. The van der Waals surface area contributed by atoms with Crippen molar-refractivity contribution in [3.05, 3.63) is 66.2 Å². The van der Waals surface area contributed by atoms with E-state index in [1.165, 1.54) is 0 Å². The van der Waals surface area contributed by atoms with Crippen molar-refractivity contribution in [1.29, 1.82) is 0 Å². The fourth-order valence-corrected chi connectivity index (χ4v) is 3.67. The van der Waals surface area contributed by atoms with Crippen molar-refractivity contribution in [2.45, 2.75) is 32.7 Å². The van der Waals surface area contributed by atoms with Crippen LogP contribution in [0, 0.1) is 5.41 Å². The number of amides is 1. The van der Waals surface area contributed by atoms with E-state index in [0.29, 0.717) is 6.54 Å². The zero-order chi connectivity index (χ0) is 16.8. The van der Waals surface area contributed by atoms with Crippen molar-refractivity contribution in [1.82, 2.24) is 5.32 Å². The lowest BCUT2D eigenvalue weighted by atomic mass is 9.80. The van der Waals surface area contributed by atoms with Gasteiger partial charge < -0.3 is 10.2 Å². The minimum atomic E-state index is -0.265. The lowest BCUT2D eigenvalue weighted by Gasteiger charge is -2.34. The molecule has 1 fully saturated rings. The Morgan fingerprint density at radius 2 is 1.75 bits per heavy atom. The predicted octanol–water partition coefficient (Wildman–Crippen LogP) is 4.00. The van der Waals surface area contributed by atoms with Crippen LogP contribution in [-0.4, -0.2) is 19.0 Å². The summed E-state index contributed by atoms with van der Waals surface area (Å²) >= 11 is 0. The fraction of sp³-hybridized carbons (Fsp3) is 0.381. The molecule has 0 saturated carbocycles. The first-order chi connectivity index (χ1) is 11.7. The van der Waals surface area contributed by atoms with Gasteiger partial charge in [0.2, 0.25) is 5.91 Å². The van der Waals surface area contributed by atoms with E-state index in [9.17, 15) is 4.79 Å². The molecular formula is C21H26N2O. The molecule has 3 nitrogen and oxygen atoms in total. The first-order valence-corrected chi connectivity index (χ1v) is 8.87. The Morgan fingerprint density at radius 3 is 2.33 bits per heavy atom. The molecule has 2 aromatic rings. The average Bonchev–Trinajstić information content (AvgIpc) is 3.11. The Balaban J connectivity index is 1.93. The van der Waals surface area contributed by atoms with Crippen LogP contribution in [-0.2, 0) is 11.3 Å². The third kappa shape index (κ3) is 3.51. The van der Waals surface area contributed by atoms with E-state index in [4.69, 9.17) is 0 Å². The Bertz CT molecular complexity index is 648. The number of carbonyl (C=O) groups is 1. The highest BCUT2D eigenvalue weighted by Gasteiger charge is 2.43. The minimum Gasteiger partial charge on any atom is -0.316 e. The molecule has 0 aliphatic carbocycles. The normalized spacial score (nSPS) is 20.0. The monoisotopic (exact) mass is 322 g/mol. The Labute approximate surface area is 144 Å². The second-order valence-electron chi connectivity index (χ2n) is 6.67. The topological polar surface area (TPSA) is 32.3 Å². The third-order valence-corrected chi connectivity index (χ3v) is 4.92. The van der Waals surface area contributed by atoms with Crippen LogP contribution < -0.4 is 10.2 Å². The second-order valence-corrected chi connectivity index (χ2v) is 6.67. The summed E-state index contributed by atoms with van der Waals surface area (Å²) in [6.45, 7) is 4.50. The summed E-state index contributed by atoms with van der Waals surface area (Å²) in [7, 11) is 0. The van der Waals surface area contributed by atoms with E-state index < -0.39 is 0 Å². The maximum Gasteiger partial charge on any atom is 0.234 e. The highest BCUT2D eigenvalue weighted by atomic mass is 16.2. The molecule has 1 aliphatic rings. The van der Waals surface area contributed by atoms with Gasteiger partial charge in [0, 0.05) is 12.2 Å². The Hall–Kier alpha value is -2.13. The third-order valence-electron chi connectivity index (χ3n) is 4.92. The number of nitrogens with one attached hydrogen (secondary N) is 1. The first-order valence-electron chi connectivity index (χ1n) is 8.87. The Morgan fingerprint density at radius 1 is 1.08 bits per heavy atom. The van der Waals surface area contributed by atoms with Crippen LogP contribution in [0.2, 0.25) is 0 Å². The second kappa shape index (κ2) is 7.63. The summed E-state index contributed by atoms with van der Waals surface area (Å²) in [5.74, 6) is 0.254. The van der Waals surface area contributed by atoms with Gasteiger partial charge in [-0.3, -0.25) is 4.79 Å². The van der Waals surface area contributed by atoms with E-state index in [1.54, 1.807) is 0 Å². The van der Waals surface area contributed by atoms with Gasteiger partial charge in [0.15, 0.2) is 0 Å². The molecule has 1 amide bonds. The van der Waals surface area contributed by atoms with Crippen LogP contribution in [0.3, 0.4) is 0 Å². The quantitative estimate of drug-likeness (QED) is 0.872. The van der Waals surface area contributed by atoms with Gasteiger partial charge in [0.05, 0.1) is 12.0 Å². The summed E-state index contributed by atoms with van der Waals surface area (Å²) < 4.78 is 0. The van der Waals surface area contributed by atoms with Crippen molar-refractivity contribution >= 4 is 11.6 Å². The summed E-state index contributed by atoms with van der Waals surface area (Å²) in [5.41, 5.74) is 1.88. The SMILES string of the molecule is CCCC1(C(=O)N(Cc2ccccc2)c2ccccc2)CCNC1. The summed E-state index contributed by atoms with van der Waals surface area (Å²) in [6, 6.07) is 20.3. The average molecular weight is 322 g/mol. The largest absolute Gasteiger partial charge is 0.316 e. The number of nitrogens with zero attached hydrogens (tertiary/aromatic N) is 1. The van der Waals surface area contributed by atoms with Gasteiger partial charge in [0.1, 0.15) is 0 Å². The van der Waals surface area contributed by atoms with Crippen molar-refractivity contribution in [3.63, 3.8) is 0 Å². The number of hydrogen-bond donors (Lipinski definition) is 1. The number of hydrogen-bond acceptors (Lipinski definition) is 2. The highest BCUT2D eigenvalue weighted by molar-refractivity contribution is 5.98. The molecule has 1 atom stereocenters. The lowest BCUT2D eigenvalue weighted by molar-refractivity contribution is -0.127. The standard InChI is InChI=1S/C21H26N2O/c1-2-13-21(14-15-22-17-21)20(24)23(19-11-7-4-8-12-19)16-18-9-5-3-6-10-18/h3-12,22H,2,13-17H2,1H3. The van der Waals surface area contributed by atoms with E-state index in [2.05, 4.69) is 24.4 Å². The van der Waals surface area contributed by atoms with Crippen LogP contribution in [0.15, 0.2) is 60.7 Å². The van der Waals surface area contributed by atoms with E-state index >= 15 is 0 Å². The van der Waals surface area contributed by atoms with Crippen molar-refractivity contribution in [3.8, 4) is 0 Å². The van der Waals surface area contributed by atoms with Gasteiger partial charge in [-0.15, -0.1) is 0 Å². The van der Waals surface area contributed by atoms with Crippen LogP contribution in [0.4, 0.5) is 5.69 Å². The zero-order valence-electron chi connectivity index (χ0n) is 14.4. The lowest BCUT2D eigenvalue weighted by Crippen LogP contribution is -2.45. The fourth-order valence-electron chi connectivity index (χ4n) is 3.67. The maximum atomic E-state index is 13.5. The van der Waals surface area contributed by atoms with Gasteiger partial charge in [0.25, 0.3) is 0 Å². The number of para-hydroxylation sites is 1. The highest BCUT2D eigenvalue weighted by Crippen LogP contribution is 2.35. The van der Waals surface area contributed by atoms with Crippen LogP contribution >= 0.6 is 0 Å². The molecule has 1 heterocycles. The van der Waals surface area contributed by atoms with Crippen molar-refractivity contribution < 1.29 is 4.79 Å². The number of benzene rings is 2. The van der Waals surface area contributed by atoms with Gasteiger partial charge in [-0.25, -0.2) is 0 Å². The van der Waals surface area contributed by atoms with Crippen LogP contribution in [0.1, 0.15) is 31.7 Å². The van der Waals surface area contributed by atoms with Gasteiger partial charge in [-0.2, -0.15) is 0 Å². The van der Waals surface area contributed by atoms with Gasteiger partial charge >= 0.3 is 0 Å². The number of rotatable bonds is 6. The molecule has 0 aromatic heterocycles. The predicted molar refractivity (Wildman–Crippen MR) is 98.9 cm³/mol. The molecule has 1 N–H and O–H groups in total. The molecule has 2 aromatic carbocycles. The molecular weight excluding hydrogens is 296 g/mol. The molecule has 126 valence electrons. The van der Waals surface area contributed by atoms with Crippen molar-refractivity contribution in [2.75, 3.05) is 18.0 Å². The smallest absolute Gasteiger partial charge is 0.234 e. The molecule has 24 heavy (non-hydrogen) atoms. The minimum absolute atomic E-state index is 0.254. The van der Waals surface area contributed by atoms with Crippen LogP contribution in [0.5, 0.6) is 0 Å².